The zero-order valence-electron chi connectivity index (χ0n) is 14.5. The SMILES string of the molecule is Cc1ccc(S(=O)(=O)OCC#Cc2ccc(C(C)(C)C)cc2)cc1. The molecule has 4 heteroatoms. The minimum atomic E-state index is -3.76. The van der Waals surface area contributed by atoms with E-state index in [1.165, 1.54) is 17.7 Å². The van der Waals surface area contributed by atoms with Gasteiger partial charge in [-0.2, -0.15) is 8.42 Å². The average Bonchev–Trinajstić information content (AvgIpc) is 2.52. The number of hydrogen-bond donors (Lipinski definition) is 0. The fourth-order valence-electron chi connectivity index (χ4n) is 2.07. The van der Waals surface area contributed by atoms with E-state index in [-0.39, 0.29) is 16.9 Å². The van der Waals surface area contributed by atoms with Crippen molar-refractivity contribution in [3.8, 4) is 11.8 Å². The Kier molecular flexibility index (Phi) is 5.48. The molecule has 2 aromatic carbocycles. The molecule has 0 unspecified atom stereocenters. The molecule has 0 aliphatic rings. The van der Waals surface area contributed by atoms with Gasteiger partial charge in [0, 0.05) is 5.56 Å². The summed E-state index contributed by atoms with van der Waals surface area (Å²) in [5, 5.41) is 0. The summed E-state index contributed by atoms with van der Waals surface area (Å²) in [7, 11) is -3.76. The molecule has 0 aromatic heterocycles. The van der Waals surface area contributed by atoms with Crippen LogP contribution in [0.15, 0.2) is 53.4 Å². The van der Waals surface area contributed by atoms with Crippen LogP contribution in [0.5, 0.6) is 0 Å². The Hall–Kier alpha value is -2.09. The minimum Gasteiger partial charge on any atom is -0.253 e. The molecular formula is C20H22O3S. The molecule has 0 aliphatic heterocycles. The Labute approximate surface area is 144 Å². The van der Waals surface area contributed by atoms with E-state index < -0.39 is 10.1 Å². The highest BCUT2D eigenvalue weighted by atomic mass is 32.2. The molecule has 0 atom stereocenters. The Morgan fingerprint density at radius 1 is 0.958 bits per heavy atom. The fourth-order valence-corrected chi connectivity index (χ4v) is 2.89. The molecule has 0 radical (unpaired) electrons. The zero-order valence-corrected chi connectivity index (χ0v) is 15.3. The van der Waals surface area contributed by atoms with E-state index in [9.17, 15) is 8.42 Å². The Bertz CT molecular complexity index is 844. The quantitative estimate of drug-likeness (QED) is 0.624. The Balaban J connectivity index is 1.99. The van der Waals surface area contributed by atoms with Gasteiger partial charge in [-0.3, -0.25) is 4.18 Å². The fraction of sp³-hybridized carbons (Fsp3) is 0.300. The van der Waals surface area contributed by atoms with Gasteiger partial charge in [0.15, 0.2) is 0 Å². The maximum atomic E-state index is 12.0. The molecule has 2 aromatic rings. The van der Waals surface area contributed by atoms with Crippen LogP contribution in [-0.2, 0) is 19.7 Å². The van der Waals surface area contributed by atoms with Gasteiger partial charge in [0.25, 0.3) is 10.1 Å². The molecule has 0 N–H and O–H groups in total. The molecule has 0 aliphatic carbocycles. The van der Waals surface area contributed by atoms with Gasteiger partial charge in [-0.15, -0.1) is 0 Å². The summed E-state index contributed by atoms with van der Waals surface area (Å²) < 4.78 is 29.0. The number of benzene rings is 2. The first-order chi connectivity index (χ1) is 11.2. The number of aryl methyl sites for hydroxylation is 1. The summed E-state index contributed by atoms with van der Waals surface area (Å²) >= 11 is 0. The smallest absolute Gasteiger partial charge is 0.253 e. The normalized spacial score (nSPS) is 11.7. The van der Waals surface area contributed by atoms with Crippen LogP contribution in [0.1, 0.15) is 37.5 Å². The molecule has 3 nitrogen and oxygen atoms in total. The molecular weight excluding hydrogens is 320 g/mol. The van der Waals surface area contributed by atoms with Crippen LogP contribution in [0.25, 0.3) is 0 Å². The van der Waals surface area contributed by atoms with Crippen LogP contribution in [0.4, 0.5) is 0 Å². The first-order valence-electron chi connectivity index (χ1n) is 7.74. The van der Waals surface area contributed by atoms with E-state index in [0.29, 0.717) is 0 Å². The largest absolute Gasteiger partial charge is 0.297 e. The van der Waals surface area contributed by atoms with Gasteiger partial charge < -0.3 is 0 Å². The maximum Gasteiger partial charge on any atom is 0.297 e. The van der Waals surface area contributed by atoms with Crippen LogP contribution < -0.4 is 0 Å². The van der Waals surface area contributed by atoms with Gasteiger partial charge in [0.05, 0.1) is 4.90 Å². The molecule has 0 fully saturated rings. The van der Waals surface area contributed by atoms with E-state index in [0.717, 1.165) is 11.1 Å². The van der Waals surface area contributed by atoms with E-state index in [4.69, 9.17) is 4.18 Å². The average molecular weight is 342 g/mol. The third-order valence-corrected chi connectivity index (χ3v) is 4.86. The molecule has 0 saturated carbocycles. The highest BCUT2D eigenvalue weighted by molar-refractivity contribution is 7.86. The molecule has 0 heterocycles. The van der Waals surface area contributed by atoms with E-state index >= 15 is 0 Å². The molecule has 126 valence electrons. The maximum absolute atomic E-state index is 12.0. The lowest BCUT2D eigenvalue weighted by atomic mass is 9.87. The third-order valence-electron chi connectivity index (χ3n) is 3.58. The monoisotopic (exact) mass is 342 g/mol. The summed E-state index contributed by atoms with van der Waals surface area (Å²) in [6, 6.07) is 14.5. The summed E-state index contributed by atoms with van der Waals surface area (Å²) in [5.74, 6) is 5.66. The lowest BCUT2D eigenvalue weighted by Crippen LogP contribution is -2.10. The van der Waals surface area contributed by atoms with Crippen molar-refractivity contribution in [1.82, 2.24) is 0 Å². The second kappa shape index (κ2) is 7.21. The lowest BCUT2D eigenvalue weighted by molar-refractivity contribution is 0.363. The summed E-state index contributed by atoms with van der Waals surface area (Å²) in [6.07, 6.45) is 0. The second-order valence-corrected chi connectivity index (χ2v) is 8.27. The summed E-state index contributed by atoms with van der Waals surface area (Å²) in [5.41, 5.74) is 3.15. The first-order valence-corrected chi connectivity index (χ1v) is 9.15. The van der Waals surface area contributed by atoms with E-state index in [1.54, 1.807) is 12.1 Å². The second-order valence-electron chi connectivity index (χ2n) is 6.66. The van der Waals surface area contributed by atoms with E-state index in [2.05, 4.69) is 32.6 Å². The van der Waals surface area contributed by atoms with Crippen molar-refractivity contribution in [3.05, 3.63) is 65.2 Å². The third kappa shape index (κ3) is 4.95. The molecule has 0 saturated heterocycles. The highest BCUT2D eigenvalue weighted by Crippen LogP contribution is 2.21. The number of hydrogen-bond acceptors (Lipinski definition) is 3. The van der Waals surface area contributed by atoms with Gasteiger partial charge in [-0.25, -0.2) is 0 Å². The van der Waals surface area contributed by atoms with Crippen molar-refractivity contribution in [3.63, 3.8) is 0 Å². The molecule has 0 spiro atoms. The van der Waals surface area contributed by atoms with Gasteiger partial charge in [0.1, 0.15) is 6.61 Å². The van der Waals surface area contributed by atoms with Gasteiger partial charge in [-0.1, -0.05) is 62.4 Å². The predicted octanol–water partition coefficient (Wildman–Crippen LogP) is 4.05. The lowest BCUT2D eigenvalue weighted by Gasteiger charge is -2.18. The zero-order chi connectivity index (χ0) is 17.8. The Morgan fingerprint density at radius 2 is 1.54 bits per heavy atom. The van der Waals surface area contributed by atoms with Crippen molar-refractivity contribution < 1.29 is 12.6 Å². The molecule has 2 rings (SSSR count). The van der Waals surface area contributed by atoms with Gasteiger partial charge >= 0.3 is 0 Å². The highest BCUT2D eigenvalue weighted by Gasteiger charge is 2.14. The van der Waals surface area contributed by atoms with Crippen LogP contribution in [0.3, 0.4) is 0 Å². The van der Waals surface area contributed by atoms with E-state index in [1.807, 2.05) is 31.2 Å². The van der Waals surface area contributed by atoms with Crippen LogP contribution >= 0.6 is 0 Å². The summed E-state index contributed by atoms with van der Waals surface area (Å²) in [4.78, 5) is 0.143. The van der Waals surface area contributed by atoms with Crippen molar-refractivity contribution in [2.45, 2.75) is 38.0 Å². The van der Waals surface area contributed by atoms with Crippen LogP contribution in [0, 0.1) is 18.8 Å². The molecule has 24 heavy (non-hydrogen) atoms. The van der Waals surface area contributed by atoms with Crippen molar-refractivity contribution in [1.29, 1.82) is 0 Å². The van der Waals surface area contributed by atoms with Crippen LogP contribution in [0.2, 0.25) is 0 Å². The van der Waals surface area contributed by atoms with Crippen molar-refractivity contribution >= 4 is 10.1 Å². The minimum absolute atomic E-state index is 0.0944. The van der Waals surface area contributed by atoms with Gasteiger partial charge in [-0.05, 0) is 42.2 Å². The van der Waals surface area contributed by atoms with Crippen molar-refractivity contribution in [2.24, 2.45) is 0 Å². The Morgan fingerprint density at radius 3 is 2.08 bits per heavy atom. The molecule has 0 amide bonds. The van der Waals surface area contributed by atoms with Crippen LogP contribution in [-0.4, -0.2) is 15.0 Å². The standard InChI is InChI=1S/C20H22O3S/c1-16-7-13-19(14-8-16)24(21,22)23-15-5-6-17-9-11-18(12-10-17)20(2,3)4/h7-14H,15H2,1-4H3. The summed E-state index contributed by atoms with van der Waals surface area (Å²) in [6.45, 7) is 8.18. The predicted molar refractivity (Wildman–Crippen MR) is 96.3 cm³/mol. The van der Waals surface area contributed by atoms with Crippen molar-refractivity contribution in [2.75, 3.05) is 6.61 Å². The topological polar surface area (TPSA) is 43.4 Å². The molecule has 0 bridgehead atoms. The van der Waals surface area contributed by atoms with Gasteiger partial charge in [0.2, 0.25) is 0 Å². The first kappa shape index (κ1) is 18.3. The number of rotatable bonds is 3.